The van der Waals surface area contributed by atoms with Gasteiger partial charge in [0.15, 0.2) is 5.60 Å². The first-order valence-electron chi connectivity index (χ1n) is 10.8. The first kappa shape index (κ1) is 23.3. The van der Waals surface area contributed by atoms with Crippen molar-refractivity contribution in [2.24, 2.45) is 0 Å². The van der Waals surface area contributed by atoms with Crippen LogP contribution < -0.4 is 10.0 Å². The molecule has 6 nitrogen and oxygen atoms in total. The van der Waals surface area contributed by atoms with E-state index >= 15 is 0 Å². The van der Waals surface area contributed by atoms with Gasteiger partial charge in [-0.1, -0.05) is 54.6 Å². The van der Waals surface area contributed by atoms with Gasteiger partial charge in [0.05, 0.1) is 25.3 Å². The summed E-state index contributed by atoms with van der Waals surface area (Å²) in [4.78, 5) is 13.9. The van der Waals surface area contributed by atoms with E-state index in [1.807, 2.05) is 12.1 Å². The molecule has 0 saturated heterocycles. The van der Waals surface area contributed by atoms with E-state index in [9.17, 15) is 15.0 Å². The molecule has 4 rings (SSSR count). The van der Waals surface area contributed by atoms with Crippen LogP contribution in [0.15, 0.2) is 72.8 Å². The summed E-state index contributed by atoms with van der Waals surface area (Å²) in [7, 11) is 0. The number of aliphatic hydroxyl groups excluding tert-OH is 1. The molecule has 0 amide bonds. The van der Waals surface area contributed by atoms with Crippen molar-refractivity contribution in [2.75, 3.05) is 26.2 Å². The predicted octanol–water partition coefficient (Wildman–Crippen LogP) is 1.83. The number of hydrogen-bond acceptors (Lipinski definition) is 5. The number of aliphatic hydroxyl groups is 1. The summed E-state index contributed by atoms with van der Waals surface area (Å²) in [5.74, 6) is -0.400. The number of benzene rings is 3. The second kappa shape index (κ2) is 10.3. The number of carbonyl (C=O) groups excluding carboxylic acids is 1. The van der Waals surface area contributed by atoms with E-state index in [0.29, 0.717) is 23.3 Å². The Morgan fingerprint density at radius 3 is 2.00 bits per heavy atom. The number of phenolic OH excluding ortho intramolecular Hbond substituents is 1. The largest absolute Gasteiger partial charge is 0.872 e. The standard InChI is InChI=1S/C20H14O4.C6H15NO/c21-15-9-5-13(6-10-15)20(14-7-11-16(22)12-8-14)18-4-2-1-3-17(18)19(23)24-20;1-3-7(4-2)5-6-8/h1-12,21-22H;8H,3-6H2,1-2H3. The van der Waals surface area contributed by atoms with Crippen LogP contribution in [-0.2, 0) is 10.3 Å². The molecule has 0 fully saturated rings. The minimum Gasteiger partial charge on any atom is -0.872 e. The number of hydrogen-bond donors (Lipinski definition) is 3. The number of carbonyl (C=O) groups is 1. The van der Waals surface area contributed by atoms with Crippen LogP contribution in [0.3, 0.4) is 0 Å². The molecule has 3 N–H and O–H groups in total. The number of fused-ring (bicyclic) bond motifs is 1. The summed E-state index contributed by atoms with van der Waals surface area (Å²) < 4.78 is 5.85. The molecular formula is C26H29NO5. The molecule has 0 radical (unpaired) electrons. The van der Waals surface area contributed by atoms with Crippen molar-refractivity contribution in [1.82, 2.24) is 0 Å². The number of rotatable bonds is 6. The SMILES string of the molecule is CC[NH+](CC)CCO.O=C1OC(c2ccc([O-])cc2)(c2ccc(O)cc2)c2ccccc21. The highest BCUT2D eigenvalue weighted by atomic mass is 16.6. The van der Waals surface area contributed by atoms with Crippen molar-refractivity contribution < 1.29 is 29.8 Å². The smallest absolute Gasteiger partial charge is 0.340 e. The van der Waals surface area contributed by atoms with Crippen LogP contribution in [0.2, 0.25) is 0 Å². The van der Waals surface area contributed by atoms with Crippen LogP contribution in [0.1, 0.15) is 40.9 Å². The lowest BCUT2D eigenvalue weighted by Crippen LogP contribution is -3.11. The summed E-state index contributed by atoms with van der Waals surface area (Å²) in [6.45, 7) is 7.72. The zero-order valence-electron chi connectivity index (χ0n) is 18.4. The first-order valence-corrected chi connectivity index (χ1v) is 10.8. The minimum atomic E-state index is -1.13. The molecule has 0 aliphatic carbocycles. The Labute approximate surface area is 188 Å². The molecule has 1 atom stereocenters. The maximum Gasteiger partial charge on any atom is 0.340 e. The second-order valence-corrected chi connectivity index (χ2v) is 7.62. The van der Waals surface area contributed by atoms with Crippen molar-refractivity contribution in [3.63, 3.8) is 0 Å². The highest BCUT2D eigenvalue weighted by molar-refractivity contribution is 5.96. The fourth-order valence-electron chi connectivity index (χ4n) is 3.96. The first-order chi connectivity index (χ1) is 15.5. The van der Waals surface area contributed by atoms with Gasteiger partial charge in [-0.2, -0.15) is 0 Å². The molecule has 6 heteroatoms. The Morgan fingerprint density at radius 2 is 1.47 bits per heavy atom. The fraction of sp³-hybridized carbons (Fsp3) is 0.269. The maximum atomic E-state index is 12.4. The third-order valence-corrected chi connectivity index (χ3v) is 5.77. The lowest BCUT2D eigenvalue weighted by atomic mass is 9.80. The molecule has 0 aromatic heterocycles. The van der Waals surface area contributed by atoms with E-state index < -0.39 is 11.6 Å². The summed E-state index contributed by atoms with van der Waals surface area (Å²) >= 11 is 0. The zero-order valence-corrected chi connectivity index (χ0v) is 18.4. The van der Waals surface area contributed by atoms with Crippen LogP contribution in [-0.4, -0.2) is 42.4 Å². The number of phenols is 1. The van der Waals surface area contributed by atoms with Gasteiger partial charge in [0, 0.05) is 16.7 Å². The van der Waals surface area contributed by atoms with Crippen LogP contribution >= 0.6 is 0 Å². The molecule has 32 heavy (non-hydrogen) atoms. The monoisotopic (exact) mass is 435 g/mol. The van der Waals surface area contributed by atoms with Gasteiger partial charge in [0.2, 0.25) is 0 Å². The van der Waals surface area contributed by atoms with Gasteiger partial charge in [-0.25, -0.2) is 4.79 Å². The summed E-state index contributed by atoms with van der Waals surface area (Å²) in [6, 6.07) is 20.0. The average Bonchev–Trinajstić information content (AvgIpc) is 3.12. The number of ether oxygens (including phenoxy) is 1. The Bertz CT molecular complexity index is 981. The zero-order chi connectivity index (χ0) is 23.1. The molecular weight excluding hydrogens is 406 g/mol. The molecule has 1 heterocycles. The highest BCUT2D eigenvalue weighted by Gasteiger charge is 2.48. The molecule has 1 unspecified atom stereocenters. The van der Waals surface area contributed by atoms with Gasteiger partial charge in [-0.3, -0.25) is 0 Å². The van der Waals surface area contributed by atoms with Crippen LogP contribution in [0.4, 0.5) is 0 Å². The summed E-state index contributed by atoms with van der Waals surface area (Å²) in [5.41, 5.74) is 1.48. The Hall–Kier alpha value is -3.35. The molecule has 3 aromatic rings. The van der Waals surface area contributed by atoms with Gasteiger partial charge < -0.3 is 25.0 Å². The number of nitrogens with one attached hydrogen (secondary N) is 1. The predicted molar refractivity (Wildman–Crippen MR) is 120 cm³/mol. The number of aromatic hydroxyl groups is 1. The Morgan fingerprint density at radius 1 is 0.906 bits per heavy atom. The summed E-state index contributed by atoms with van der Waals surface area (Å²) in [5, 5.41) is 29.6. The number of likely N-dealkylation sites (N-methyl/N-ethyl adjacent to an activating group) is 1. The third kappa shape index (κ3) is 4.61. The Kier molecular flexibility index (Phi) is 7.51. The summed E-state index contributed by atoms with van der Waals surface area (Å²) in [6.07, 6.45) is 0. The van der Waals surface area contributed by atoms with Crippen molar-refractivity contribution in [3.05, 3.63) is 95.1 Å². The van der Waals surface area contributed by atoms with Gasteiger partial charge >= 0.3 is 5.97 Å². The molecule has 3 aromatic carbocycles. The van der Waals surface area contributed by atoms with Gasteiger partial charge in [-0.05, 0) is 32.0 Å². The van der Waals surface area contributed by atoms with Crippen molar-refractivity contribution in [1.29, 1.82) is 0 Å². The van der Waals surface area contributed by atoms with E-state index in [-0.39, 0.29) is 11.5 Å². The van der Waals surface area contributed by atoms with E-state index in [2.05, 4.69) is 13.8 Å². The number of cyclic esters (lactones) is 1. The highest BCUT2D eigenvalue weighted by Crippen LogP contribution is 2.47. The lowest BCUT2D eigenvalue weighted by Gasteiger charge is -2.30. The lowest BCUT2D eigenvalue weighted by molar-refractivity contribution is -0.896. The van der Waals surface area contributed by atoms with Crippen molar-refractivity contribution in [3.8, 4) is 11.5 Å². The second-order valence-electron chi connectivity index (χ2n) is 7.62. The average molecular weight is 436 g/mol. The topological polar surface area (TPSA) is 94.3 Å². The minimum absolute atomic E-state index is 0.114. The maximum absolute atomic E-state index is 12.4. The fourth-order valence-corrected chi connectivity index (χ4v) is 3.96. The third-order valence-electron chi connectivity index (χ3n) is 5.77. The number of quaternary nitrogens is 1. The van der Waals surface area contributed by atoms with E-state index in [0.717, 1.165) is 25.2 Å². The van der Waals surface area contributed by atoms with E-state index in [1.54, 1.807) is 48.5 Å². The van der Waals surface area contributed by atoms with E-state index in [4.69, 9.17) is 9.84 Å². The molecule has 1 aliphatic rings. The van der Waals surface area contributed by atoms with Gasteiger partial charge in [-0.15, -0.1) is 5.75 Å². The van der Waals surface area contributed by atoms with E-state index in [1.165, 1.54) is 17.0 Å². The normalized spacial score (nSPS) is 16.8. The Balaban J connectivity index is 0.000000312. The van der Waals surface area contributed by atoms with Gasteiger partial charge in [0.25, 0.3) is 0 Å². The van der Waals surface area contributed by atoms with Crippen LogP contribution in [0.5, 0.6) is 11.5 Å². The van der Waals surface area contributed by atoms with Crippen molar-refractivity contribution >= 4 is 5.97 Å². The van der Waals surface area contributed by atoms with Crippen LogP contribution in [0, 0.1) is 0 Å². The molecule has 1 aliphatic heterocycles. The van der Waals surface area contributed by atoms with Gasteiger partial charge in [0.1, 0.15) is 12.3 Å². The molecule has 168 valence electrons. The molecule has 0 saturated carbocycles. The molecule has 0 bridgehead atoms. The van der Waals surface area contributed by atoms with Crippen LogP contribution in [0.25, 0.3) is 0 Å². The quantitative estimate of drug-likeness (QED) is 0.514. The molecule has 0 spiro atoms. The number of esters is 1. The van der Waals surface area contributed by atoms with Crippen molar-refractivity contribution in [2.45, 2.75) is 19.4 Å².